The molecular formula is C20H27N3O5. The van der Waals surface area contributed by atoms with Crippen LogP contribution in [0.3, 0.4) is 0 Å². The summed E-state index contributed by atoms with van der Waals surface area (Å²) in [6.07, 6.45) is -0.156. The molecule has 0 bridgehead atoms. The van der Waals surface area contributed by atoms with Crippen LogP contribution in [0.1, 0.15) is 18.9 Å². The van der Waals surface area contributed by atoms with Gasteiger partial charge in [-0.3, -0.25) is 9.59 Å². The van der Waals surface area contributed by atoms with Crippen molar-refractivity contribution in [1.82, 2.24) is 9.80 Å². The highest BCUT2D eigenvalue weighted by atomic mass is 16.6. The first-order chi connectivity index (χ1) is 13.4. The highest BCUT2D eigenvalue weighted by Crippen LogP contribution is 2.34. The van der Waals surface area contributed by atoms with Crippen LogP contribution in [-0.4, -0.2) is 74.1 Å². The van der Waals surface area contributed by atoms with Gasteiger partial charge in [-0.05, 0) is 31.5 Å². The normalized spacial score (nSPS) is 19.8. The number of aryl methyl sites for hydroxylation is 1. The maximum absolute atomic E-state index is 12.9. The van der Waals surface area contributed by atoms with Gasteiger partial charge in [0.2, 0.25) is 11.8 Å². The molecule has 1 unspecified atom stereocenters. The molecule has 2 aliphatic rings. The van der Waals surface area contributed by atoms with Gasteiger partial charge in [-0.15, -0.1) is 0 Å². The summed E-state index contributed by atoms with van der Waals surface area (Å²) < 4.78 is 10.4. The van der Waals surface area contributed by atoms with E-state index in [-0.39, 0.29) is 30.2 Å². The number of ether oxygens (including phenoxy) is 2. The first-order valence-electron chi connectivity index (χ1n) is 9.60. The quantitative estimate of drug-likeness (QED) is 0.783. The number of nitrogens with zero attached hydrogens (tertiary/aromatic N) is 3. The van der Waals surface area contributed by atoms with Crippen molar-refractivity contribution < 1.29 is 23.9 Å². The molecule has 152 valence electrons. The Hall–Kier alpha value is -2.77. The van der Waals surface area contributed by atoms with Crippen molar-refractivity contribution >= 4 is 23.6 Å². The second kappa shape index (κ2) is 8.50. The average molecular weight is 389 g/mol. The number of rotatable bonds is 4. The van der Waals surface area contributed by atoms with Crippen molar-refractivity contribution in [2.24, 2.45) is 5.92 Å². The zero-order valence-corrected chi connectivity index (χ0v) is 16.6. The lowest BCUT2D eigenvalue weighted by Crippen LogP contribution is -2.52. The molecular weight excluding hydrogens is 362 g/mol. The van der Waals surface area contributed by atoms with Crippen LogP contribution in [0.25, 0.3) is 0 Å². The first kappa shape index (κ1) is 20.0. The molecule has 1 aromatic carbocycles. The summed E-state index contributed by atoms with van der Waals surface area (Å²) in [5.41, 5.74) is 1.73. The Morgan fingerprint density at radius 2 is 1.82 bits per heavy atom. The Labute approximate surface area is 165 Å². The minimum atomic E-state index is -0.383. The monoisotopic (exact) mass is 389 g/mol. The number of hydrogen-bond acceptors (Lipinski definition) is 5. The molecule has 0 spiro atoms. The van der Waals surface area contributed by atoms with Crippen molar-refractivity contribution in [3.05, 3.63) is 23.8 Å². The second-order valence-electron chi connectivity index (χ2n) is 7.09. The number of methoxy groups -OCH3 is 1. The number of carbonyl (C=O) groups is 3. The SMILES string of the molecule is CCOC(=O)N1CCN(C(=O)C2CC(=O)N(c3cc(C)ccc3OC)C2)CC1. The van der Waals surface area contributed by atoms with E-state index in [4.69, 9.17) is 9.47 Å². The fourth-order valence-electron chi connectivity index (χ4n) is 3.70. The van der Waals surface area contributed by atoms with Crippen molar-refractivity contribution in [2.45, 2.75) is 20.3 Å². The lowest BCUT2D eigenvalue weighted by molar-refractivity contribution is -0.137. The fraction of sp³-hybridized carbons (Fsp3) is 0.550. The van der Waals surface area contributed by atoms with Crippen LogP contribution in [0, 0.1) is 12.8 Å². The standard InChI is InChI=1S/C20H27N3O5/c1-4-28-20(26)22-9-7-21(8-10-22)19(25)15-12-18(24)23(13-15)16-11-14(2)5-6-17(16)27-3/h5-6,11,15H,4,7-10,12-13H2,1-3H3. The predicted octanol–water partition coefficient (Wildman–Crippen LogP) is 1.66. The van der Waals surface area contributed by atoms with Crippen LogP contribution < -0.4 is 9.64 Å². The number of piperazine rings is 1. The minimum Gasteiger partial charge on any atom is -0.495 e. The molecule has 2 fully saturated rings. The van der Waals surface area contributed by atoms with Gasteiger partial charge < -0.3 is 24.2 Å². The fourth-order valence-corrected chi connectivity index (χ4v) is 3.70. The molecule has 0 saturated carbocycles. The maximum Gasteiger partial charge on any atom is 0.409 e. The summed E-state index contributed by atoms with van der Waals surface area (Å²) in [7, 11) is 1.57. The molecule has 3 rings (SSSR count). The topological polar surface area (TPSA) is 79.4 Å². The lowest BCUT2D eigenvalue weighted by atomic mass is 10.1. The third-order valence-electron chi connectivity index (χ3n) is 5.22. The van der Waals surface area contributed by atoms with Crippen LogP contribution in [0.2, 0.25) is 0 Å². The summed E-state index contributed by atoms with van der Waals surface area (Å²) in [6.45, 7) is 6.20. The van der Waals surface area contributed by atoms with Crippen LogP contribution in [0.4, 0.5) is 10.5 Å². The molecule has 8 nitrogen and oxygen atoms in total. The second-order valence-corrected chi connectivity index (χ2v) is 7.09. The summed E-state index contributed by atoms with van der Waals surface area (Å²) >= 11 is 0. The van der Waals surface area contributed by atoms with Gasteiger partial charge in [-0.2, -0.15) is 0 Å². The molecule has 2 aliphatic heterocycles. The Bertz CT molecular complexity index is 758. The Morgan fingerprint density at radius 1 is 1.14 bits per heavy atom. The van der Waals surface area contributed by atoms with E-state index in [0.717, 1.165) is 5.56 Å². The Kier molecular flexibility index (Phi) is 6.06. The smallest absolute Gasteiger partial charge is 0.409 e. The lowest BCUT2D eigenvalue weighted by Gasteiger charge is -2.35. The van der Waals surface area contributed by atoms with Gasteiger partial charge in [0.1, 0.15) is 5.75 Å². The molecule has 0 radical (unpaired) electrons. The van der Waals surface area contributed by atoms with E-state index in [2.05, 4.69) is 0 Å². The van der Waals surface area contributed by atoms with E-state index in [1.807, 2.05) is 25.1 Å². The molecule has 0 aromatic heterocycles. The summed E-state index contributed by atoms with van der Waals surface area (Å²) in [4.78, 5) is 42.3. The van der Waals surface area contributed by atoms with Gasteiger partial charge in [0, 0.05) is 39.1 Å². The number of hydrogen-bond donors (Lipinski definition) is 0. The largest absolute Gasteiger partial charge is 0.495 e. The van der Waals surface area contributed by atoms with E-state index >= 15 is 0 Å². The average Bonchev–Trinajstić information content (AvgIpc) is 3.09. The van der Waals surface area contributed by atoms with Crippen molar-refractivity contribution in [3.8, 4) is 5.75 Å². The molecule has 28 heavy (non-hydrogen) atoms. The van der Waals surface area contributed by atoms with Crippen LogP contribution in [0.5, 0.6) is 5.75 Å². The van der Waals surface area contributed by atoms with Gasteiger partial charge in [0.25, 0.3) is 0 Å². The van der Waals surface area contributed by atoms with Gasteiger partial charge in [-0.25, -0.2) is 4.79 Å². The zero-order valence-electron chi connectivity index (χ0n) is 16.6. The van der Waals surface area contributed by atoms with Crippen LogP contribution in [0.15, 0.2) is 18.2 Å². The van der Waals surface area contributed by atoms with Gasteiger partial charge in [0.15, 0.2) is 0 Å². The van der Waals surface area contributed by atoms with E-state index in [0.29, 0.717) is 50.8 Å². The molecule has 0 aliphatic carbocycles. The van der Waals surface area contributed by atoms with Gasteiger partial charge in [0.05, 0.1) is 25.3 Å². The van der Waals surface area contributed by atoms with Crippen molar-refractivity contribution in [2.75, 3.05) is 51.3 Å². The summed E-state index contributed by atoms with van der Waals surface area (Å²) in [5.74, 6) is 0.125. The Morgan fingerprint density at radius 3 is 2.46 bits per heavy atom. The molecule has 8 heteroatoms. The Balaban J connectivity index is 1.63. The van der Waals surface area contributed by atoms with E-state index in [9.17, 15) is 14.4 Å². The number of anilines is 1. The summed E-state index contributed by atoms with van der Waals surface area (Å²) in [6, 6.07) is 5.66. The number of benzene rings is 1. The predicted molar refractivity (Wildman–Crippen MR) is 103 cm³/mol. The van der Waals surface area contributed by atoms with Crippen LogP contribution in [-0.2, 0) is 14.3 Å². The molecule has 1 aromatic rings. The van der Waals surface area contributed by atoms with Crippen molar-refractivity contribution in [3.63, 3.8) is 0 Å². The molecule has 2 heterocycles. The molecule has 3 amide bonds. The van der Waals surface area contributed by atoms with E-state index in [1.165, 1.54) is 0 Å². The maximum atomic E-state index is 12.9. The van der Waals surface area contributed by atoms with Crippen molar-refractivity contribution in [1.29, 1.82) is 0 Å². The third kappa shape index (κ3) is 4.05. The number of amides is 3. The van der Waals surface area contributed by atoms with E-state index < -0.39 is 0 Å². The highest BCUT2D eigenvalue weighted by Gasteiger charge is 2.39. The van der Waals surface area contributed by atoms with Gasteiger partial charge >= 0.3 is 6.09 Å². The minimum absolute atomic E-state index is 0.0361. The molecule has 2 saturated heterocycles. The molecule has 1 atom stereocenters. The molecule has 0 N–H and O–H groups in total. The summed E-state index contributed by atoms with van der Waals surface area (Å²) in [5, 5.41) is 0. The van der Waals surface area contributed by atoms with Crippen LogP contribution >= 0.6 is 0 Å². The first-order valence-corrected chi connectivity index (χ1v) is 9.60. The van der Waals surface area contributed by atoms with Gasteiger partial charge in [-0.1, -0.05) is 6.07 Å². The number of carbonyl (C=O) groups excluding carboxylic acids is 3. The third-order valence-corrected chi connectivity index (χ3v) is 5.22. The zero-order chi connectivity index (χ0) is 20.3. The van der Waals surface area contributed by atoms with E-state index in [1.54, 1.807) is 28.7 Å². The highest BCUT2D eigenvalue weighted by molar-refractivity contribution is 6.01.